The topological polar surface area (TPSA) is 0 Å². The van der Waals surface area contributed by atoms with Gasteiger partial charge in [-0.05, 0) is 43.4 Å². The van der Waals surface area contributed by atoms with E-state index in [4.69, 9.17) is 0 Å². The molecule has 0 radical (unpaired) electrons. The molecule has 2 unspecified atom stereocenters. The van der Waals surface area contributed by atoms with Gasteiger partial charge in [-0.1, -0.05) is 49.6 Å². The average Bonchev–Trinajstić information content (AvgIpc) is 2.34. The number of hydrogen-bond acceptors (Lipinski definition) is 0. The molecule has 0 saturated carbocycles. The molecule has 0 aromatic rings. The second-order valence-corrected chi connectivity index (χ2v) is 4.80. The van der Waals surface area contributed by atoms with Gasteiger partial charge in [-0.25, -0.2) is 0 Å². The second-order valence-electron chi connectivity index (χ2n) is 4.80. The largest absolute Gasteiger partial charge is 0.198 e. The molecule has 1 aliphatic carbocycles. The maximum atomic E-state index is 13.0. The first-order chi connectivity index (χ1) is 8.54. The lowest BCUT2D eigenvalue weighted by Gasteiger charge is -2.22. The SMILES string of the molecule is C=CC(F)=C=CC(=C)C1/C=C/C(C)=C/CCC1C. The van der Waals surface area contributed by atoms with E-state index >= 15 is 0 Å². The zero-order valence-corrected chi connectivity index (χ0v) is 11.2. The van der Waals surface area contributed by atoms with Crippen LogP contribution in [-0.2, 0) is 0 Å². The van der Waals surface area contributed by atoms with Crippen molar-refractivity contribution in [1.82, 2.24) is 0 Å². The summed E-state index contributed by atoms with van der Waals surface area (Å²) in [5, 5.41) is 0. The predicted molar refractivity (Wildman–Crippen MR) is 76.8 cm³/mol. The number of rotatable bonds is 3. The summed E-state index contributed by atoms with van der Waals surface area (Å²) in [4.78, 5) is 0. The lowest BCUT2D eigenvalue weighted by atomic mass is 9.82. The second kappa shape index (κ2) is 6.98. The van der Waals surface area contributed by atoms with Crippen molar-refractivity contribution in [3.63, 3.8) is 0 Å². The quantitative estimate of drug-likeness (QED) is 0.467. The Hall–Kier alpha value is -1.59. The molecule has 0 aliphatic heterocycles. The van der Waals surface area contributed by atoms with Gasteiger partial charge in [0.15, 0.2) is 5.83 Å². The standard InChI is InChI=1S/C17H21F/c1-5-16(18)11-10-15(4)17-12-9-13(2)7-6-8-14(17)3/h5,7,9-10,12,14,17H,1,4,6,8H2,2-3H3/b12-9+,13-7+. The minimum atomic E-state index is -0.449. The molecular formula is C17H21F. The molecule has 1 aliphatic rings. The van der Waals surface area contributed by atoms with Gasteiger partial charge in [0.1, 0.15) is 0 Å². The fourth-order valence-corrected chi connectivity index (χ4v) is 2.07. The molecule has 0 heterocycles. The van der Waals surface area contributed by atoms with Crippen LogP contribution in [0.3, 0.4) is 0 Å². The zero-order chi connectivity index (χ0) is 13.5. The molecule has 0 saturated heterocycles. The van der Waals surface area contributed by atoms with Crippen LogP contribution < -0.4 is 0 Å². The third-order valence-electron chi connectivity index (χ3n) is 3.27. The van der Waals surface area contributed by atoms with Crippen molar-refractivity contribution >= 4 is 0 Å². The Bertz CT molecular complexity index is 442. The van der Waals surface area contributed by atoms with Crippen LogP contribution in [-0.4, -0.2) is 0 Å². The van der Waals surface area contributed by atoms with Gasteiger partial charge in [0.2, 0.25) is 0 Å². The van der Waals surface area contributed by atoms with Gasteiger partial charge >= 0.3 is 0 Å². The average molecular weight is 244 g/mol. The lowest BCUT2D eigenvalue weighted by Crippen LogP contribution is -2.11. The highest BCUT2D eigenvalue weighted by Gasteiger charge is 2.16. The van der Waals surface area contributed by atoms with Crippen LogP contribution >= 0.6 is 0 Å². The van der Waals surface area contributed by atoms with Crippen LogP contribution in [0.25, 0.3) is 0 Å². The van der Waals surface area contributed by atoms with E-state index in [1.165, 1.54) is 5.57 Å². The van der Waals surface area contributed by atoms with Gasteiger partial charge in [0.25, 0.3) is 0 Å². The van der Waals surface area contributed by atoms with Gasteiger partial charge in [-0.2, -0.15) is 4.39 Å². The smallest absolute Gasteiger partial charge is 0.164 e. The van der Waals surface area contributed by atoms with E-state index in [1.807, 2.05) is 0 Å². The zero-order valence-electron chi connectivity index (χ0n) is 11.2. The lowest BCUT2D eigenvalue weighted by molar-refractivity contribution is 0.452. The van der Waals surface area contributed by atoms with E-state index in [9.17, 15) is 4.39 Å². The van der Waals surface area contributed by atoms with Gasteiger partial charge < -0.3 is 0 Å². The van der Waals surface area contributed by atoms with E-state index in [2.05, 4.69) is 51.0 Å². The molecule has 0 aromatic heterocycles. The summed E-state index contributed by atoms with van der Waals surface area (Å²) in [5.74, 6) is 0.302. The molecule has 0 bridgehead atoms. The Kier molecular flexibility index (Phi) is 5.61. The number of hydrogen-bond donors (Lipinski definition) is 0. The van der Waals surface area contributed by atoms with Gasteiger partial charge in [-0.3, -0.25) is 0 Å². The Balaban J connectivity index is 2.91. The molecule has 0 amide bonds. The molecular weight excluding hydrogens is 223 g/mol. The molecule has 0 aromatic carbocycles. The van der Waals surface area contributed by atoms with Crippen LogP contribution in [0.4, 0.5) is 4.39 Å². The van der Waals surface area contributed by atoms with Crippen molar-refractivity contribution in [3.05, 3.63) is 66.2 Å². The Morgan fingerprint density at radius 3 is 2.94 bits per heavy atom. The summed E-state index contributed by atoms with van der Waals surface area (Å²) >= 11 is 0. The van der Waals surface area contributed by atoms with Crippen molar-refractivity contribution < 1.29 is 4.39 Å². The molecule has 18 heavy (non-hydrogen) atoms. The van der Waals surface area contributed by atoms with Crippen molar-refractivity contribution in [1.29, 1.82) is 0 Å². The molecule has 1 rings (SSSR count). The molecule has 2 atom stereocenters. The Morgan fingerprint density at radius 2 is 2.28 bits per heavy atom. The van der Waals surface area contributed by atoms with Gasteiger partial charge in [0, 0.05) is 5.92 Å². The van der Waals surface area contributed by atoms with E-state index in [-0.39, 0.29) is 5.92 Å². The summed E-state index contributed by atoms with van der Waals surface area (Å²) < 4.78 is 13.0. The summed E-state index contributed by atoms with van der Waals surface area (Å²) in [6.45, 7) is 11.7. The minimum Gasteiger partial charge on any atom is -0.198 e. The van der Waals surface area contributed by atoms with E-state index in [0.29, 0.717) is 5.92 Å². The minimum absolute atomic E-state index is 0.249. The Morgan fingerprint density at radius 1 is 1.56 bits per heavy atom. The van der Waals surface area contributed by atoms with Crippen molar-refractivity contribution in [2.24, 2.45) is 11.8 Å². The van der Waals surface area contributed by atoms with E-state index in [0.717, 1.165) is 24.5 Å². The van der Waals surface area contributed by atoms with Crippen LogP contribution in [0.5, 0.6) is 0 Å². The van der Waals surface area contributed by atoms with Crippen LogP contribution in [0.1, 0.15) is 26.7 Å². The number of halogens is 1. The highest BCUT2D eigenvalue weighted by molar-refractivity contribution is 5.28. The fourth-order valence-electron chi connectivity index (χ4n) is 2.07. The van der Waals surface area contributed by atoms with E-state index in [1.54, 1.807) is 6.08 Å². The maximum Gasteiger partial charge on any atom is 0.164 e. The summed E-state index contributed by atoms with van der Waals surface area (Å²) in [6.07, 6.45) is 11.5. The van der Waals surface area contributed by atoms with Crippen LogP contribution in [0.2, 0.25) is 0 Å². The van der Waals surface area contributed by atoms with Crippen molar-refractivity contribution in [3.8, 4) is 0 Å². The Labute approximate surface area is 110 Å². The molecule has 0 fully saturated rings. The van der Waals surface area contributed by atoms with Crippen molar-refractivity contribution in [2.75, 3.05) is 0 Å². The highest BCUT2D eigenvalue weighted by atomic mass is 19.1. The summed E-state index contributed by atoms with van der Waals surface area (Å²) in [7, 11) is 0. The van der Waals surface area contributed by atoms with E-state index < -0.39 is 5.83 Å². The maximum absolute atomic E-state index is 13.0. The normalized spacial score (nSPS) is 27.8. The third-order valence-corrected chi connectivity index (χ3v) is 3.27. The predicted octanol–water partition coefficient (Wildman–Crippen LogP) is 5.29. The highest BCUT2D eigenvalue weighted by Crippen LogP contribution is 2.28. The first kappa shape index (κ1) is 14.5. The third kappa shape index (κ3) is 4.35. The fraction of sp³-hybridized carbons (Fsp3) is 0.353. The van der Waals surface area contributed by atoms with Gasteiger partial charge in [0.05, 0.1) is 0 Å². The molecule has 0 spiro atoms. The molecule has 0 N–H and O–H groups in total. The molecule has 0 nitrogen and oxygen atoms in total. The van der Waals surface area contributed by atoms with Crippen LogP contribution in [0.15, 0.2) is 66.2 Å². The molecule has 1 heteroatoms. The van der Waals surface area contributed by atoms with Gasteiger partial charge in [-0.15, -0.1) is 0 Å². The van der Waals surface area contributed by atoms with Crippen LogP contribution in [0, 0.1) is 11.8 Å². The molecule has 96 valence electrons. The summed E-state index contributed by atoms with van der Waals surface area (Å²) in [5.41, 5.74) is 4.72. The van der Waals surface area contributed by atoms with Crippen molar-refractivity contribution in [2.45, 2.75) is 26.7 Å². The first-order valence-electron chi connectivity index (χ1n) is 6.33. The number of allylic oxidation sites excluding steroid dienone is 7. The summed E-state index contributed by atoms with van der Waals surface area (Å²) in [6, 6.07) is 0. The first-order valence-corrected chi connectivity index (χ1v) is 6.33. The monoisotopic (exact) mass is 244 g/mol.